The quantitative estimate of drug-likeness (QED) is 0.592. The second-order valence-corrected chi connectivity index (χ2v) is 3.79. The van der Waals surface area contributed by atoms with E-state index in [2.05, 4.69) is 18.7 Å². The molecule has 0 rings (SSSR count). The second-order valence-electron chi connectivity index (χ2n) is 3.79. The van der Waals surface area contributed by atoms with Gasteiger partial charge in [-0.2, -0.15) is 0 Å². The Morgan fingerprint density at radius 3 is 2.27 bits per heavy atom. The first-order chi connectivity index (χ1) is 7.19. The average molecular weight is 219 g/mol. The Bertz CT molecular complexity index is 140. The zero-order chi connectivity index (χ0) is 11.7. The van der Waals surface area contributed by atoms with E-state index in [9.17, 15) is 5.11 Å². The summed E-state index contributed by atoms with van der Waals surface area (Å²) in [5.74, 6) is 0. The van der Waals surface area contributed by atoms with Gasteiger partial charge in [0.25, 0.3) is 0 Å². The van der Waals surface area contributed by atoms with Crippen molar-refractivity contribution in [1.82, 2.24) is 4.90 Å². The normalized spacial score (nSPS) is 13.8. The molecule has 92 valence electrons. The molecule has 4 heteroatoms. The van der Waals surface area contributed by atoms with Crippen LogP contribution in [0.25, 0.3) is 0 Å². The van der Waals surface area contributed by atoms with Gasteiger partial charge in [-0.15, -0.1) is 0 Å². The van der Waals surface area contributed by atoms with E-state index in [1.165, 1.54) is 0 Å². The molecule has 2 N–H and O–H groups in total. The lowest BCUT2D eigenvalue weighted by Gasteiger charge is -2.31. The number of aliphatic hydroxyl groups excluding tert-OH is 2. The summed E-state index contributed by atoms with van der Waals surface area (Å²) in [6, 6.07) is 0.460. The number of rotatable bonds is 9. The summed E-state index contributed by atoms with van der Waals surface area (Å²) in [6.45, 7) is 6.09. The van der Waals surface area contributed by atoms with E-state index in [1.807, 2.05) is 0 Å². The smallest absolute Gasteiger partial charge is 0.0897 e. The topological polar surface area (TPSA) is 52.9 Å². The summed E-state index contributed by atoms with van der Waals surface area (Å²) in [5, 5.41) is 18.3. The van der Waals surface area contributed by atoms with Crippen molar-refractivity contribution in [3.8, 4) is 0 Å². The molecule has 0 amide bonds. The molecule has 15 heavy (non-hydrogen) atoms. The van der Waals surface area contributed by atoms with Crippen molar-refractivity contribution in [3.63, 3.8) is 0 Å². The van der Waals surface area contributed by atoms with Gasteiger partial charge in [0.1, 0.15) is 0 Å². The van der Waals surface area contributed by atoms with Crippen molar-refractivity contribution in [1.29, 1.82) is 0 Å². The van der Waals surface area contributed by atoms with E-state index < -0.39 is 6.10 Å². The minimum Gasteiger partial charge on any atom is -0.394 e. The highest BCUT2D eigenvalue weighted by Crippen LogP contribution is 2.09. The van der Waals surface area contributed by atoms with Crippen molar-refractivity contribution in [3.05, 3.63) is 0 Å². The predicted molar refractivity (Wildman–Crippen MR) is 60.9 cm³/mol. The monoisotopic (exact) mass is 219 g/mol. The SMILES string of the molecule is CCC(CC)N(CCOC)CC(O)CO. The minimum atomic E-state index is -0.651. The second kappa shape index (κ2) is 9.09. The standard InChI is InChI=1S/C11H25NO3/c1-4-10(5-2)12(6-7-15-3)8-11(14)9-13/h10-11,13-14H,4-9H2,1-3H3. The number of hydrogen-bond acceptors (Lipinski definition) is 4. The highest BCUT2D eigenvalue weighted by Gasteiger charge is 2.17. The molecular formula is C11H25NO3. The van der Waals surface area contributed by atoms with Crippen LogP contribution in [-0.2, 0) is 4.74 Å². The van der Waals surface area contributed by atoms with Crippen LogP contribution in [0.1, 0.15) is 26.7 Å². The average Bonchev–Trinajstić information content (AvgIpc) is 2.26. The first-order valence-corrected chi connectivity index (χ1v) is 5.71. The Morgan fingerprint density at radius 2 is 1.87 bits per heavy atom. The number of methoxy groups -OCH3 is 1. The van der Waals surface area contributed by atoms with Crippen LogP contribution < -0.4 is 0 Å². The molecule has 0 saturated heterocycles. The Kier molecular flexibility index (Phi) is 9.00. The number of nitrogens with zero attached hydrogens (tertiary/aromatic N) is 1. The summed E-state index contributed by atoms with van der Waals surface area (Å²) in [6.07, 6.45) is 1.46. The summed E-state index contributed by atoms with van der Waals surface area (Å²) >= 11 is 0. The van der Waals surface area contributed by atoms with E-state index in [-0.39, 0.29) is 6.61 Å². The molecule has 1 unspecified atom stereocenters. The fourth-order valence-electron chi connectivity index (χ4n) is 1.76. The lowest BCUT2D eigenvalue weighted by molar-refractivity contribution is 0.0314. The molecule has 0 aromatic rings. The van der Waals surface area contributed by atoms with Crippen LogP contribution in [-0.4, -0.2) is 60.7 Å². The molecule has 0 aliphatic carbocycles. The molecule has 0 fully saturated rings. The van der Waals surface area contributed by atoms with Crippen LogP contribution in [0.5, 0.6) is 0 Å². The Balaban J connectivity index is 4.14. The molecule has 0 aromatic carbocycles. The van der Waals surface area contributed by atoms with Crippen molar-refractivity contribution < 1.29 is 14.9 Å². The largest absolute Gasteiger partial charge is 0.394 e. The number of aliphatic hydroxyl groups is 2. The van der Waals surface area contributed by atoms with Crippen molar-refractivity contribution in [2.45, 2.75) is 38.8 Å². The fraction of sp³-hybridized carbons (Fsp3) is 1.00. The third kappa shape index (κ3) is 6.10. The summed E-state index contributed by atoms with van der Waals surface area (Å²) in [7, 11) is 1.67. The third-order valence-corrected chi connectivity index (χ3v) is 2.70. The van der Waals surface area contributed by atoms with Crippen LogP contribution >= 0.6 is 0 Å². The van der Waals surface area contributed by atoms with Crippen molar-refractivity contribution >= 4 is 0 Å². The van der Waals surface area contributed by atoms with Crippen LogP contribution in [0.2, 0.25) is 0 Å². The molecule has 4 nitrogen and oxygen atoms in total. The Morgan fingerprint density at radius 1 is 1.27 bits per heavy atom. The highest BCUT2D eigenvalue weighted by molar-refractivity contribution is 4.72. The van der Waals surface area contributed by atoms with Crippen LogP contribution in [0, 0.1) is 0 Å². The van der Waals surface area contributed by atoms with E-state index in [0.29, 0.717) is 19.2 Å². The molecule has 1 atom stereocenters. The van der Waals surface area contributed by atoms with Crippen LogP contribution in [0.15, 0.2) is 0 Å². The molecule has 0 aliphatic rings. The lowest BCUT2D eigenvalue weighted by Crippen LogP contribution is -2.42. The van der Waals surface area contributed by atoms with Gasteiger partial charge in [-0.05, 0) is 12.8 Å². The Hall–Kier alpha value is -0.160. The first-order valence-electron chi connectivity index (χ1n) is 5.71. The Labute approximate surface area is 92.9 Å². The van der Waals surface area contributed by atoms with Gasteiger partial charge in [0.2, 0.25) is 0 Å². The molecule has 0 bridgehead atoms. The maximum Gasteiger partial charge on any atom is 0.0897 e. The summed E-state index contributed by atoms with van der Waals surface area (Å²) in [5.41, 5.74) is 0. The molecule has 0 saturated carbocycles. The van der Waals surface area contributed by atoms with Gasteiger partial charge in [0.15, 0.2) is 0 Å². The van der Waals surface area contributed by atoms with Gasteiger partial charge in [0, 0.05) is 26.2 Å². The van der Waals surface area contributed by atoms with E-state index in [1.54, 1.807) is 7.11 Å². The number of hydrogen-bond donors (Lipinski definition) is 2. The van der Waals surface area contributed by atoms with Gasteiger partial charge in [-0.3, -0.25) is 4.90 Å². The molecule has 0 aromatic heterocycles. The maximum atomic E-state index is 9.44. The van der Waals surface area contributed by atoms with Crippen molar-refractivity contribution in [2.75, 3.05) is 33.4 Å². The highest BCUT2D eigenvalue weighted by atomic mass is 16.5. The zero-order valence-electron chi connectivity index (χ0n) is 10.1. The summed E-state index contributed by atoms with van der Waals surface area (Å²) in [4.78, 5) is 2.18. The fourth-order valence-corrected chi connectivity index (χ4v) is 1.76. The summed E-state index contributed by atoms with van der Waals surface area (Å²) < 4.78 is 5.04. The first kappa shape index (κ1) is 14.8. The molecule has 0 spiro atoms. The van der Waals surface area contributed by atoms with Crippen molar-refractivity contribution in [2.24, 2.45) is 0 Å². The zero-order valence-corrected chi connectivity index (χ0v) is 10.1. The molecule has 0 radical (unpaired) electrons. The lowest BCUT2D eigenvalue weighted by atomic mass is 10.1. The van der Waals surface area contributed by atoms with Gasteiger partial charge >= 0.3 is 0 Å². The van der Waals surface area contributed by atoms with E-state index in [0.717, 1.165) is 19.4 Å². The van der Waals surface area contributed by atoms with Gasteiger partial charge in [-0.25, -0.2) is 0 Å². The van der Waals surface area contributed by atoms with Gasteiger partial charge in [0.05, 0.1) is 19.3 Å². The molecular weight excluding hydrogens is 194 g/mol. The van der Waals surface area contributed by atoms with Gasteiger partial charge < -0.3 is 14.9 Å². The maximum absolute atomic E-state index is 9.44. The van der Waals surface area contributed by atoms with E-state index in [4.69, 9.17) is 9.84 Å². The van der Waals surface area contributed by atoms with Gasteiger partial charge in [-0.1, -0.05) is 13.8 Å². The number of ether oxygens (including phenoxy) is 1. The van der Waals surface area contributed by atoms with Crippen LogP contribution in [0.4, 0.5) is 0 Å². The molecule has 0 aliphatic heterocycles. The van der Waals surface area contributed by atoms with Crippen LogP contribution in [0.3, 0.4) is 0 Å². The minimum absolute atomic E-state index is 0.177. The predicted octanol–water partition coefficient (Wildman–Crippen LogP) is 0.477. The van der Waals surface area contributed by atoms with E-state index >= 15 is 0 Å². The third-order valence-electron chi connectivity index (χ3n) is 2.70. The molecule has 0 heterocycles.